The summed E-state index contributed by atoms with van der Waals surface area (Å²) < 4.78 is 44.4. The minimum atomic E-state index is -1.11. The molecule has 0 unspecified atom stereocenters. The SMILES string of the molecule is COc1ccc(C(CCOc2ccccc2)=C(F)B2OC(C)(C)C(C)(C)O2)c(OC)c1. The van der Waals surface area contributed by atoms with E-state index in [1.807, 2.05) is 58.0 Å². The van der Waals surface area contributed by atoms with Crippen LogP contribution in [0.15, 0.2) is 54.3 Å². The Hall–Kier alpha value is -2.51. The maximum absolute atomic E-state index is 15.9. The molecule has 2 aromatic rings. The molecule has 2 aromatic carbocycles. The van der Waals surface area contributed by atoms with Crippen LogP contribution in [0.5, 0.6) is 17.2 Å². The number of para-hydroxylation sites is 1. The summed E-state index contributed by atoms with van der Waals surface area (Å²) in [5.41, 5.74) is -0.769. The second kappa shape index (κ2) is 9.33. The molecule has 3 rings (SSSR count). The normalized spacial score (nSPS) is 17.8. The van der Waals surface area contributed by atoms with Crippen molar-refractivity contribution in [2.45, 2.75) is 45.3 Å². The summed E-state index contributed by atoms with van der Waals surface area (Å²) in [6, 6.07) is 14.7. The van der Waals surface area contributed by atoms with Crippen LogP contribution in [-0.4, -0.2) is 39.1 Å². The Kier molecular flexibility index (Phi) is 6.97. The average molecular weight is 428 g/mol. The van der Waals surface area contributed by atoms with E-state index in [0.717, 1.165) is 5.75 Å². The summed E-state index contributed by atoms with van der Waals surface area (Å²) in [5.74, 6) is 1.84. The molecule has 0 aliphatic carbocycles. The number of benzene rings is 2. The highest BCUT2D eigenvalue weighted by Gasteiger charge is 2.53. The molecule has 0 radical (unpaired) electrons. The predicted octanol–water partition coefficient (Wildman–Crippen LogP) is 5.48. The Labute approximate surface area is 184 Å². The van der Waals surface area contributed by atoms with Crippen LogP contribution < -0.4 is 14.2 Å². The molecule has 0 amide bonds. The first kappa shape index (κ1) is 23.2. The van der Waals surface area contributed by atoms with Crippen LogP contribution in [0.1, 0.15) is 39.7 Å². The van der Waals surface area contributed by atoms with E-state index < -0.39 is 24.0 Å². The molecule has 0 aromatic heterocycles. The van der Waals surface area contributed by atoms with E-state index >= 15 is 4.39 Å². The lowest BCUT2D eigenvalue weighted by molar-refractivity contribution is 0.00578. The van der Waals surface area contributed by atoms with E-state index in [9.17, 15) is 0 Å². The maximum Gasteiger partial charge on any atom is 0.525 e. The molecule has 31 heavy (non-hydrogen) atoms. The Balaban J connectivity index is 1.95. The van der Waals surface area contributed by atoms with Gasteiger partial charge in [-0.25, -0.2) is 4.39 Å². The molecule has 1 aliphatic rings. The minimum Gasteiger partial charge on any atom is -0.497 e. The first-order valence-electron chi connectivity index (χ1n) is 10.3. The number of rotatable bonds is 8. The second-order valence-corrected chi connectivity index (χ2v) is 8.39. The molecule has 1 saturated heterocycles. The van der Waals surface area contributed by atoms with Gasteiger partial charge in [-0.1, -0.05) is 18.2 Å². The first-order chi connectivity index (χ1) is 14.7. The van der Waals surface area contributed by atoms with E-state index in [-0.39, 0.29) is 6.61 Å². The van der Waals surface area contributed by atoms with Crippen molar-refractivity contribution < 1.29 is 27.9 Å². The molecule has 0 spiro atoms. The maximum atomic E-state index is 15.9. The van der Waals surface area contributed by atoms with Crippen molar-refractivity contribution in [2.75, 3.05) is 20.8 Å². The molecule has 0 atom stereocenters. The summed E-state index contributed by atoms with van der Waals surface area (Å²) in [4.78, 5) is 0. The van der Waals surface area contributed by atoms with Crippen LogP contribution in [0.25, 0.3) is 5.57 Å². The van der Waals surface area contributed by atoms with Gasteiger partial charge in [0.15, 0.2) is 0 Å². The molecule has 1 fully saturated rings. The van der Waals surface area contributed by atoms with Gasteiger partial charge in [-0.3, -0.25) is 0 Å². The number of hydrogen-bond acceptors (Lipinski definition) is 5. The van der Waals surface area contributed by atoms with Crippen LogP contribution in [0.3, 0.4) is 0 Å². The Bertz CT molecular complexity index is 911. The molecule has 7 heteroatoms. The van der Waals surface area contributed by atoms with Crippen LogP contribution in [0.2, 0.25) is 0 Å². The monoisotopic (exact) mass is 428 g/mol. The molecule has 0 N–H and O–H groups in total. The zero-order valence-corrected chi connectivity index (χ0v) is 19.0. The van der Waals surface area contributed by atoms with Crippen LogP contribution in [0, 0.1) is 0 Å². The van der Waals surface area contributed by atoms with Crippen molar-refractivity contribution in [2.24, 2.45) is 0 Å². The van der Waals surface area contributed by atoms with Crippen LogP contribution in [-0.2, 0) is 9.31 Å². The molecule has 0 saturated carbocycles. The predicted molar refractivity (Wildman–Crippen MR) is 120 cm³/mol. The van der Waals surface area contributed by atoms with Gasteiger partial charge in [-0.15, -0.1) is 0 Å². The number of methoxy groups -OCH3 is 2. The number of halogens is 1. The lowest BCUT2D eigenvalue weighted by atomic mass is 9.81. The third-order valence-corrected chi connectivity index (χ3v) is 5.85. The van der Waals surface area contributed by atoms with E-state index in [0.29, 0.717) is 29.1 Å². The Morgan fingerprint density at radius 3 is 2.13 bits per heavy atom. The van der Waals surface area contributed by atoms with Crippen molar-refractivity contribution in [3.8, 4) is 17.2 Å². The van der Waals surface area contributed by atoms with Gasteiger partial charge < -0.3 is 23.5 Å². The van der Waals surface area contributed by atoms with Crippen molar-refractivity contribution >= 4 is 12.7 Å². The smallest absolute Gasteiger partial charge is 0.497 e. The van der Waals surface area contributed by atoms with E-state index in [1.165, 1.54) is 0 Å². The Morgan fingerprint density at radius 2 is 1.55 bits per heavy atom. The van der Waals surface area contributed by atoms with Crippen molar-refractivity contribution in [3.05, 3.63) is 59.8 Å². The summed E-state index contributed by atoms with van der Waals surface area (Å²) >= 11 is 0. The van der Waals surface area contributed by atoms with Gasteiger partial charge in [0.2, 0.25) is 0 Å². The zero-order chi connectivity index (χ0) is 22.6. The summed E-state index contributed by atoms with van der Waals surface area (Å²) in [6.45, 7) is 7.86. The molecule has 1 heterocycles. The first-order valence-corrected chi connectivity index (χ1v) is 10.3. The lowest BCUT2D eigenvalue weighted by Crippen LogP contribution is -2.41. The molecule has 166 valence electrons. The van der Waals surface area contributed by atoms with Crippen molar-refractivity contribution in [1.82, 2.24) is 0 Å². The minimum absolute atomic E-state index is 0.279. The standard InChI is InChI=1S/C24H30BFO5/c1-23(2)24(3,4)31-25(30-23)22(26)20(14-15-29-17-10-8-7-9-11-17)19-13-12-18(27-5)16-21(19)28-6/h7-13,16H,14-15H2,1-6H3. The highest BCUT2D eigenvalue weighted by atomic mass is 19.1. The third-order valence-electron chi connectivity index (χ3n) is 5.85. The van der Waals surface area contributed by atoms with E-state index in [1.54, 1.807) is 32.4 Å². The van der Waals surface area contributed by atoms with Gasteiger partial charge >= 0.3 is 7.12 Å². The molecule has 0 bridgehead atoms. The van der Waals surface area contributed by atoms with Crippen molar-refractivity contribution in [1.29, 1.82) is 0 Å². The van der Waals surface area contributed by atoms with Crippen LogP contribution in [0.4, 0.5) is 4.39 Å². The van der Waals surface area contributed by atoms with Gasteiger partial charge in [0.25, 0.3) is 0 Å². The summed E-state index contributed by atoms with van der Waals surface area (Å²) in [6.07, 6.45) is 0.299. The fraction of sp³-hybridized carbons (Fsp3) is 0.417. The Morgan fingerprint density at radius 1 is 0.903 bits per heavy atom. The van der Waals surface area contributed by atoms with Gasteiger partial charge in [0.1, 0.15) is 23.0 Å². The fourth-order valence-corrected chi connectivity index (χ4v) is 3.31. The summed E-state index contributed by atoms with van der Waals surface area (Å²) in [7, 11) is 2.01. The second-order valence-electron chi connectivity index (χ2n) is 8.39. The molecule has 5 nitrogen and oxygen atoms in total. The fourth-order valence-electron chi connectivity index (χ4n) is 3.31. The van der Waals surface area contributed by atoms with Crippen molar-refractivity contribution in [3.63, 3.8) is 0 Å². The number of ether oxygens (including phenoxy) is 3. The van der Waals surface area contributed by atoms with Gasteiger partial charge in [0.05, 0.1) is 32.0 Å². The largest absolute Gasteiger partial charge is 0.525 e. The highest BCUT2D eigenvalue weighted by molar-refractivity contribution is 6.55. The molecular weight excluding hydrogens is 398 g/mol. The van der Waals surface area contributed by atoms with E-state index in [4.69, 9.17) is 23.5 Å². The zero-order valence-electron chi connectivity index (χ0n) is 19.0. The number of hydrogen-bond donors (Lipinski definition) is 0. The molecular formula is C24H30BFO5. The lowest BCUT2D eigenvalue weighted by Gasteiger charge is -2.32. The van der Waals surface area contributed by atoms with Gasteiger partial charge in [-0.2, -0.15) is 0 Å². The van der Waals surface area contributed by atoms with Gasteiger partial charge in [-0.05, 0) is 57.5 Å². The van der Waals surface area contributed by atoms with E-state index in [2.05, 4.69) is 0 Å². The molecule has 1 aliphatic heterocycles. The van der Waals surface area contributed by atoms with Crippen LogP contribution >= 0.6 is 0 Å². The highest BCUT2D eigenvalue weighted by Crippen LogP contribution is 2.42. The summed E-state index contributed by atoms with van der Waals surface area (Å²) in [5, 5.41) is 0. The van der Waals surface area contributed by atoms with Gasteiger partial charge in [0, 0.05) is 18.1 Å². The quantitative estimate of drug-likeness (QED) is 0.521. The topological polar surface area (TPSA) is 46.2 Å². The third kappa shape index (κ3) is 5.05. The average Bonchev–Trinajstić information content (AvgIpc) is 2.98.